The summed E-state index contributed by atoms with van der Waals surface area (Å²) in [6.45, 7) is 36.0. The second kappa shape index (κ2) is 58.3. The minimum absolute atomic E-state index is 0.235. The lowest BCUT2D eigenvalue weighted by Gasteiger charge is -2.33. The zero-order chi connectivity index (χ0) is 73.3. The summed E-state index contributed by atoms with van der Waals surface area (Å²) in [7, 11) is 47.6. The van der Waals surface area contributed by atoms with Crippen LogP contribution in [0.2, 0.25) is 0 Å². The van der Waals surface area contributed by atoms with Crippen LogP contribution >= 0.6 is 0 Å². The predicted octanol–water partition coefficient (Wildman–Crippen LogP) is 6.07. The third-order valence-electron chi connectivity index (χ3n) is 19.8. The Balaban J connectivity index is 0. The topological polar surface area (TPSA) is 116 Å². The number of hydrogen-bond donors (Lipinski definition) is 0. The zero-order valence-electron chi connectivity index (χ0n) is 68.8. The lowest BCUT2D eigenvalue weighted by Crippen LogP contribution is -2.43. The number of carbonyl (C=O) groups excluding carboxylic acids is 3. The molecular weight excluding hydrogens is 1200 g/mol. The van der Waals surface area contributed by atoms with Crippen LogP contribution in [0.25, 0.3) is 0 Å². The molecular formula is C75H165N17O4. The van der Waals surface area contributed by atoms with Gasteiger partial charge in [0.05, 0.1) is 25.0 Å². The van der Waals surface area contributed by atoms with E-state index in [9.17, 15) is 14.4 Å². The summed E-state index contributed by atoms with van der Waals surface area (Å²) in [5, 5.41) is 0. The van der Waals surface area contributed by atoms with Crippen molar-refractivity contribution in [2.24, 2.45) is 17.8 Å². The Morgan fingerprint density at radius 3 is 0.792 bits per heavy atom. The highest BCUT2D eigenvalue weighted by Crippen LogP contribution is 2.19. The molecule has 21 heteroatoms. The molecule has 10 saturated heterocycles. The van der Waals surface area contributed by atoms with Gasteiger partial charge in [-0.1, -0.05) is 34.1 Å². The molecule has 0 aromatic rings. The van der Waals surface area contributed by atoms with Crippen LogP contribution in [-0.2, 0) is 19.1 Å². The van der Waals surface area contributed by atoms with E-state index < -0.39 is 0 Å². The Morgan fingerprint density at radius 2 is 0.500 bits per heavy atom. The van der Waals surface area contributed by atoms with Gasteiger partial charge in [0.15, 0.2) is 0 Å². The molecule has 0 saturated carbocycles. The van der Waals surface area contributed by atoms with E-state index in [2.05, 4.69) is 188 Å². The van der Waals surface area contributed by atoms with Gasteiger partial charge in [-0.15, -0.1) is 0 Å². The molecule has 10 aliphatic heterocycles. The summed E-state index contributed by atoms with van der Waals surface area (Å²) in [6, 6.07) is 2.42. The maximum Gasteiger partial charge on any atom is 0.226 e. The molecule has 10 heterocycles. The van der Waals surface area contributed by atoms with Crippen LogP contribution in [0.15, 0.2) is 0 Å². The van der Waals surface area contributed by atoms with Gasteiger partial charge in [0, 0.05) is 132 Å². The molecule has 0 radical (unpaired) electrons. The summed E-state index contributed by atoms with van der Waals surface area (Å²) >= 11 is 0. The quantitative estimate of drug-likeness (QED) is 0.306. The van der Waals surface area contributed by atoms with Crippen molar-refractivity contribution in [3.8, 4) is 0 Å². The summed E-state index contributed by atoms with van der Waals surface area (Å²) in [5.74, 6) is 1.60. The van der Waals surface area contributed by atoms with Crippen LogP contribution in [0.3, 0.4) is 0 Å². The first-order valence-corrected chi connectivity index (χ1v) is 38.1. The predicted molar refractivity (Wildman–Crippen MR) is 414 cm³/mol. The van der Waals surface area contributed by atoms with E-state index in [4.69, 9.17) is 4.74 Å². The van der Waals surface area contributed by atoms with Gasteiger partial charge in [-0.2, -0.15) is 0 Å². The van der Waals surface area contributed by atoms with Gasteiger partial charge in [0.2, 0.25) is 17.7 Å². The van der Waals surface area contributed by atoms with Crippen LogP contribution in [0.4, 0.5) is 0 Å². The smallest absolute Gasteiger partial charge is 0.226 e. The average molecular weight is 1370 g/mol. The molecule has 96 heavy (non-hydrogen) atoms. The van der Waals surface area contributed by atoms with Crippen molar-refractivity contribution >= 4 is 17.7 Å². The van der Waals surface area contributed by atoms with E-state index in [1.165, 1.54) is 156 Å². The molecule has 21 nitrogen and oxygen atoms in total. The first kappa shape index (κ1) is 95.9. The molecule has 4 unspecified atom stereocenters. The second-order valence-corrected chi connectivity index (χ2v) is 30.2. The van der Waals surface area contributed by atoms with Crippen molar-refractivity contribution in [2.75, 3.05) is 319 Å². The van der Waals surface area contributed by atoms with E-state index in [1.54, 1.807) is 14.7 Å². The SMILES string of the molecule is CC.CC.CN1CCC(C(=O)N(C)C)C1.CN1CCC(C(=O)N(C)C)CC1.CN1CCC(N(C)C)C1.CN1CCC(N(C)C)CC1.CN1CCCC(C(=O)N(C)C)C1.CN1CCCC(N(C)C)C1.CN1CCCC1.CN1CCCCC1.CN1CCN(C)CC1.CN1CCOCC1. The molecule has 0 N–H and O–H groups in total. The molecule has 3 amide bonds. The fourth-order valence-corrected chi connectivity index (χ4v) is 12.7. The van der Waals surface area contributed by atoms with Crippen molar-refractivity contribution in [3.05, 3.63) is 0 Å². The molecule has 0 spiro atoms. The van der Waals surface area contributed by atoms with E-state index in [-0.39, 0.29) is 29.6 Å². The Kier molecular flexibility index (Phi) is 58.2. The molecule has 4 atom stereocenters. The number of likely N-dealkylation sites (N-methyl/N-ethyl adjacent to an activating group) is 7. The maximum absolute atomic E-state index is 11.5. The minimum Gasteiger partial charge on any atom is -0.379 e. The molecule has 10 aliphatic rings. The van der Waals surface area contributed by atoms with Crippen LogP contribution in [0.1, 0.15) is 124 Å². The minimum atomic E-state index is 0.235. The monoisotopic (exact) mass is 1370 g/mol. The number of amides is 3. The Bertz CT molecular complexity index is 1770. The first-order chi connectivity index (χ1) is 45.4. The molecule has 10 fully saturated rings. The Hall–Kier alpha value is -2.19. The van der Waals surface area contributed by atoms with Crippen molar-refractivity contribution in [3.63, 3.8) is 0 Å². The van der Waals surface area contributed by atoms with E-state index in [1.807, 2.05) is 70.0 Å². The third kappa shape index (κ3) is 48.6. The zero-order valence-corrected chi connectivity index (χ0v) is 68.8. The van der Waals surface area contributed by atoms with E-state index in [0.717, 1.165) is 116 Å². The normalized spacial score (nSPS) is 24.7. The first-order valence-electron chi connectivity index (χ1n) is 38.1. The number of nitrogens with zero attached hydrogens (tertiary/aromatic N) is 17. The summed E-state index contributed by atoms with van der Waals surface area (Å²) in [4.78, 5) is 72.2. The number of piperazine rings is 1. The van der Waals surface area contributed by atoms with Gasteiger partial charge in [-0.05, 0) is 288 Å². The number of ether oxygens (including phenoxy) is 1. The van der Waals surface area contributed by atoms with Gasteiger partial charge in [0.1, 0.15) is 0 Å². The number of piperidine rings is 5. The summed E-state index contributed by atoms with van der Waals surface area (Å²) in [6.07, 6.45) is 19.1. The molecule has 0 aromatic heterocycles. The highest BCUT2D eigenvalue weighted by atomic mass is 16.5. The van der Waals surface area contributed by atoms with Crippen LogP contribution in [0.5, 0.6) is 0 Å². The van der Waals surface area contributed by atoms with E-state index in [0.29, 0.717) is 5.91 Å². The van der Waals surface area contributed by atoms with Gasteiger partial charge in [-0.3, -0.25) is 14.4 Å². The fourth-order valence-electron chi connectivity index (χ4n) is 12.7. The van der Waals surface area contributed by atoms with Gasteiger partial charge in [-0.25, -0.2) is 0 Å². The number of rotatable bonds is 6. The number of likely N-dealkylation sites (tertiary alicyclic amines) is 8. The fraction of sp³-hybridized carbons (Fsp3) is 0.960. The van der Waals surface area contributed by atoms with Gasteiger partial charge >= 0.3 is 0 Å². The molecule has 574 valence electrons. The third-order valence-corrected chi connectivity index (χ3v) is 19.8. The number of hydrogen-bond acceptors (Lipinski definition) is 18. The van der Waals surface area contributed by atoms with Crippen LogP contribution in [0, 0.1) is 17.8 Å². The molecule has 0 bridgehead atoms. The lowest BCUT2D eigenvalue weighted by atomic mass is 9.96. The van der Waals surface area contributed by atoms with Gasteiger partial charge < -0.3 is 88.0 Å². The average Bonchev–Trinajstić information content (AvgIpc) is 1.65. The van der Waals surface area contributed by atoms with Crippen molar-refractivity contribution in [1.29, 1.82) is 0 Å². The van der Waals surface area contributed by atoms with Gasteiger partial charge in [0.25, 0.3) is 0 Å². The van der Waals surface area contributed by atoms with Crippen LogP contribution in [-0.4, -0.2) is 438 Å². The van der Waals surface area contributed by atoms with Crippen molar-refractivity contribution < 1.29 is 19.1 Å². The largest absolute Gasteiger partial charge is 0.379 e. The number of carbonyl (C=O) groups is 3. The summed E-state index contributed by atoms with van der Waals surface area (Å²) in [5.41, 5.74) is 0. The number of morpholine rings is 1. The van der Waals surface area contributed by atoms with Crippen molar-refractivity contribution in [2.45, 2.75) is 142 Å². The lowest BCUT2D eigenvalue weighted by molar-refractivity contribution is -0.135. The maximum atomic E-state index is 11.5. The highest BCUT2D eigenvalue weighted by Gasteiger charge is 2.28. The highest BCUT2D eigenvalue weighted by molar-refractivity contribution is 5.79. The Labute approximate surface area is 596 Å². The van der Waals surface area contributed by atoms with Crippen molar-refractivity contribution in [1.82, 2.24) is 83.3 Å². The summed E-state index contributed by atoms with van der Waals surface area (Å²) < 4.78 is 5.10. The van der Waals surface area contributed by atoms with Crippen LogP contribution < -0.4 is 0 Å². The Morgan fingerprint density at radius 1 is 0.250 bits per heavy atom. The second-order valence-electron chi connectivity index (χ2n) is 30.2. The van der Waals surface area contributed by atoms with E-state index >= 15 is 0 Å². The molecule has 10 rings (SSSR count). The molecule has 0 aliphatic carbocycles. The molecule has 0 aromatic carbocycles. The standard InChI is InChI=1S/2C9H18N2O.C8H16N2O.2C8H18N2.C7H16N2.C6H14N2.C6H13N.C5H11NO.C5H11N.2C2H6/c1-10(2)9(12)8-4-6-11(3)7-5-8;1-10(2)9(12)8-5-4-6-11(3)7-8;1-9(2)8(11)7-4-5-10(3)6-7;1-9(2)8-4-6-10(3)7-5-8;1-9(2)8-5-4-6-10(3)7-8;1-8(2)7-4-5-9(3)6-7;1-7-3-5-8(2)6-4-7;1-7-5-3-2-4-6-7;1-6-2-4-7-5-3-6;1-6-4-2-3-5-6;2*1-2/h2*8H,4-7H2,1-3H3;7H,4-6H2,1-3H3;2*8H,4-7H2,1-3H3;7H,4-6H2,1-3H3;3-6H2,1-2H3;2-6H2,1H3;2-5H2,1H3;2-5H2,1H3;2*1-2H3.